The van der Waals surface area contributed by atoms with Gasteiger partial charge in [0.05, 0.1) is 35.9 Å². The molecule has 9 heteroatoms. The minimum Gasteiger partial charge on any atom is -0.493 e. The van der Waals surface area contributed by atoms with E-state index in [4.69, 9.17) is 70.6 Å². The third-order valence-electron chi connectivity index (χ3n) is 4.03. The first-order valence-electron chi connectivity index (χ1n) is 9.51. The average Bonchev–Trinajstić information content (AvgIpc) is 2.75. The molecule has 0 saturated heterocycles. The Kier molecular flexibility index (Phi) is 11.6. The maximum absolute atomic E-state index is 8.88. The second-order valence-electron chi connectivity index (χ2n) is 6.33. The van der Waals surface area contributed by atoms with Gasteiger partial charge in [0.2, 0.25) is 0 Å². The number of rotatable bonds is 12. The van der Waals surface area contributed by atoms with Crippen molar-refractivity contribution < 1.29 is 18.9 Å². The van der Waals surface area contributed by atoms with Crippen LogP contribution >= 0.6 is 46.4 Å². The molecule has 0 amide bonds. The second-order valence-corrected chi connectivity index (χ2v) is 8.15. The Hall–Kier alpha value is -2.07. The predicted molar refractivity (Wildman–Crippen MR) is 129 cm³/mol. The number of methoxy groups -OCH3 is 1. The fourth-order valence-corrected chi connectivity index (χ4v) is 3.29. The van der Waals surface area contributed by atoms with Crippen molar-refractivity contribution in [2.24, 2.45) is 0 Å². The number of nitrogens with zero attached hydrogens (tertiary/aromatic N) is 1. The van der Waals surface area contributed by atoms with Crippen LogP contribution < -0.4 is 14.2 Å². The molecule has 2 rings (SSSR count). The lowest BCUT2D eigenvalue weighted by Crippen LogP contribution is -2.06. The van der Waals surface area contributed by atoms with Gasteiger partial charge in [-0.1, -0.05) is 58.5 Å². The monoisotopic (exact) mass is 515 g/mol. The Labute approximate surface area is 207 Å². The fourth-order valence-electron chi connectivity index (χ4n) is 2.59. The molecule has 0 aliphatic heterocycles. The number of ether oxygens (including phenoxy) is 4. The van der Waals surface area contributed by atoms with E-state index in [1.54, 1.807) is 19.2 Å². The van der Waals surface area contributed by atoms with Crippen LogP contribution in [0, 0.1) is 11.3 Å². The van der Waals surface area contributed by atoms with Gasteiger partial charge in [0.25, 0.3) is 0 Å². The molecule has 0 N–H and O–H groups in total. The largest absolute Gasteiger partial charge is 0.493 e. The Balaban J connectivity index is 1.81. The zero-order valence-electron chi connectivity index (χ0n) is 17.2. The summed E-state index contributed by atoms with van der Waals surface area (Å²) in [4.78, 5) is 0. The van der Waals surface area contributed by atoms with Crippen LogP contribution in [0.3, 0.4) is 0 Å². The molecule has 0 aliphatic rings. The van der Waals surface area contributed by atoms with Crippen LogP contribution in [0.5, 0.6) is 17.2 Å². The fraction of sp³-hybridized carbons (Fsp3) is 0.261. The van der Waals surface area contributed by atoms with E-state index < -0.39 is 0 Å². The molecule has 0 spiro atoms. The molecule has 2 aromatic carbocycles. The van der Waals surface area contributed by atoms with Crippen molar-refractivity contribution in [1.82, 2.24) is 0 Å². The van der Waals surface area contributed by atoms with Crippen molar-refractivity contribution in [2.75, 3.05) is 33.5 Å². The summed E-state index contributed by atoms with van der Waals surface area (Å²) in [6, 6.07) is 12.7. The molecule has 5 nitrogen and oxygen atoms in total. The van der Waals surface area contributed by atoms with Crippen LogP contribution in [0.2, 0.25) is 10.0 Å². The second kappa shape index (κ2) is 14.2. The first-order valence-corrected chi connectivity index (χ1v) is 11.0. The van der Waals surface area contributed by atoms with Gasteiger partial charge in [0.1, 0.15) is 22.6 Å². The third kappa shape index (κ3) is 8.82. The van der Waals surface area contributed by atoms with Crippen molar-refractivity contribution in [2.45, 2.75) is 6.42 Å². The van der Waals surface area contributed by atoms with E-state index in [1.165, 1.54) is 12.2 Å². The lowest BCUT2D eigenvalue weighted by Gasteiger charge is -2.13. The van der Waals surface area contributed by atoms with Crippen LogP contribution in [0.4, 0.5) is 0 Å². The number of hydrogen-bond acceptors (Lipinski definition) is 5. The van der Waals surface area contributed by atoms with Gasteiger partial charge < -0.3 is 18.9 Å². The van der Waals surface area contributed by atoms with Crippen molar-refractivity contribution in [3.05, 3.63) is 68.7 Å². The van der Waals surface area contributed by atoms with Crippen LogP contribution in [-0.2, 0) is 4.74 Å². The minimum atomic E-state index is 0.118. The molecule has 0 fully saturated rings. The third-order valence-corrected chi connectivity index (χ3v) is 4.90. The van der Waals surface area contributed by atoms with E-state index in [-0.39, 0.29) is 11.1 Å². The molecular formula is C23H21Cl4NO4. The minimum absolute atomic E-state index is 0.118. The molecule has 0 unspecified atom stereocenters. The first kappa shape index (κ1) is 26.2. The Morgan fingerprint density at radius 2 is 1.62 bits per heavy atom. The van der Waals surface area contributed by atoms with Crippen molar-refractivity contribution in [1.29, 1.82) is 5.26 Å². The smallest absolute Gasteiger partial charge is 0.156 e. The van der Waals surface area contributed by atoms with E-state index in [0.29, 0.717) is 53.5 Å². The molecule has 32 heavy (non-hydrogen) atoms. The van der Waals surface area contributed by atoms with E-state index in [1.807, 2.05) is 30.3 Å². The normalized spacial score (nSPS) is 10.9. The Morgan fingerprint density at radius 1 is 0.969 bits per heavy atom. The van der Waals surface area contributed by atoms with E-state index >= 15 is 0 Å². The summed E-state index contributed by atoms with van der Waals surface area (Å²) in [5, 5.41) is 9.55. The van der Waals surface area contributed by atoms with Gasteiger partial charge >= 0.3 is 0 Å². The summed E-state index contributed by atoms with van der Waals surface area (Å²) in [5.74, 6) is 1.57. The van der Waals surface area contributed by atoms with Crippen molar-refractivity contribution in [3.8, 4) is 23.3 Å². The summed E-state index contributed by atoms with van der Waals surface area (Å²) in [5.41, 5.74) is 1.71. The summed E-state index contributed by atoms with van der Waals surface area (Å²) < 4.78 is 22.1. The molecule has 0 radical (unpaired) electrons. The zero-order valence-corrected chi connectivity index (χ0v) is 20.3. The summed E-state index contributed by atoms with van der Waals surface area (Å²) in [6.07, 6.45) is 3.59. The van der Waals surface area contributed by atoms with Crippen LogP contribution in [0.15, 0.2) is 53.0 Å². The molecule has 0 aliphatic carbocycles. The SMILES string of the molecule is COC/C(=C/C#N)c1ccc(OCCCOc2c(Cl)cc(OCC=C(Cl)Cl)cc2Cl)cc1. The molecule has 0 heterocycles. The molecule has 2 aromatic rings. The van der Waals surface area contributed by atoms with Gasteiger partial charge in [-0.25, -0.2) is 0 Å². The van der Waals surface area contributed by atoms with Gasteiger partial charge in [-0.15, -0.1) is 0 Å². The molecule has 170 valence electrons. The number of hydrogen-bond donors (Lipinski definition) is 0. The van der Waals surface area contributed by atoms with Crippen LogP contribution in [0.1, 0.15) is 12.0 Å². The van der Waals surface area contributed by atoms with E-state index in [9.17, 15) is 0 Å². The van der Waals surface area contributed by atoms with Gasteiger partial charge in [-0.05, 0) is 29.3 Å². The average molecular weight is 517 g/mol. The highest BCUT2D eigenvalue weighted by atomic mass is 35.5. The Morgan fingerprint density at radius 3 is 2.22 bits per heavy atom. The maximum Gasteiger partial charge on any atom is 0.156 e. The van der Waals surface area contributed by atoms with Crippen LogP contribution in [-0.4, -0.2) is 33.5 Å². The predicted octanol–water partition coefficient (Wildman–Crippen LogP) is 7.09. The number of benzene rings is 2. The summed E-state index contributed by atoms with van der Waals surface area (Å²) in [7, 11) is 1.59. The first-order chi connectivity index (χ1) is 15.4. The number of halogens is 4. The summed E-state index contributed by atoms with van der Waals surface area (Å²) in [6.45, 7) is 1.36. The van der Waals surface area contributed by atoms with Crippen LogP contribution in [0.25, 0.3) is 5.57 Å². The van der Waals surface area contributed by atoms with Gasteiger partial charge in [0, 0.05) is 31.7 Å². The highest BCUT2D eigenvalue weighted by molar-refractivity contribution is 6.55. The standard InChI is InChI=1S/C23H21Cl4NO4/c1-29-15-17(7-9-28)16-3-5-18(6-4-16)30-10-2-11-32-23-20(24)13-19(14-21(23)25)31-12-8-22(26)27/h3-8,13-14H,2,10-12,15H2,1H3/b17-7-. The molecular weight excluding hydrogens is 496 g/mol. The molecule has 0 aromatic heterocycles. The van der Waals surface area contributed by atoms with E-state index in [2.05, 4.69) is 0 Å². The number of nitriles is 1. The molecule has 0 saturated carbocycles. The van der Waals surface area contributed by atoms with Gasteiger partial charge in [-0.3, -0.25) is 0 Å². The number of allylic oxidation sites excluding steroid dienone is 1. The van der Waals surface area contributed by atoms with E-state index in [0.717, 1.165) is 11.1 Å². The molecule has 0 atom stereocenters. The van der Waals surface area contributed by atoms with Gasteiger partial charge in [0.15, 0.2) is 5.75 Å². The highest BCUT2D eigenvalue weighted by Gasteiger charge is 2.11. The maximum atomic E-state index is 8.88. The zero-order chi connectivity index (χ0) is 23.3. The van der Waals surface area contributed by atoms with Crippen molar-refractivity contribution in [3.63, 3.8) is 0 Å². The highest BCUT2D eigenvalue weighted by Crippen LogP contribution is 2.37. The summed E-state index contributed by atoms with van der Waals surface area (Å²) >= 11 is 23.6. The van der Waals surface area contributed by atoms with Gasteiger partial charge in [-0.2, -0.15) is 5.26 Å². The Bertz CT molecular complexity index is 957. The molecule has 0 bridgehead atoms. The lowest BCUT2D eigenvalue weighted by molar-refractivity contribution is 0.239. The van der Waals surface area contributed by atoms with Crippen molar-refractivity contribution >= 4 is 52.0 Å². The topological polar surface area (TPSA) is 60.7 Å². The lowest BCUT2D eigenvalue weighted by atomic mass is 10.1. The quantitative estimate of drug-likeness (QED) is 0.222.